The molecule has 3 heterocycles. The highest BCUT2D eigenvalue weighted by atomic mass is 16.5. The third kappa shape index (κ3) is 4.20. The van der Waals surface area contributed by atoms with Crippen LogP contribution in [-0.4, -0.2) is 53.5 Å². The Morgan fingerprint density at radius 1 is 1.03 bits per heavy atom. The molecule has 5 rings (SSSR count). The number of hydrogen-bond acceptors (Lipinski definition) is 4. The van der Waals surface area contributed by atoms with Crippen molar-refractivity contribution in [1.82, 2.24) is 15.1 Å². The van der Waals surface area contributed by atoms with Crippen LogP contribution in [0.3, 0.4) is 0 Å². The summed E-state index contributed by atoms with van der Waals surface area (Å²) in [5.74, 6) is 1.16. The van der Waals surface area contributed by atoms with Crippen LogP contribution in [0, 0.1) is 6.92 Å². The van der Waals surface area contributed by atoms with E-state index in [0.717, 1.165) is 50.0 Å². The van der Waals surface area contributed by atoms with Crippen molar-refractivity contribution < 1.29 is 14.3 Å². The van der Waals surface area contributed by atoms with E-state index in [2.05, 4.69) is 40.5 Å². The van der Waals surface area contributed by atoms with Gasteiger partial charge in [0, 0.05) is 18.5 Å². The second kappa shape index (κ2) is 8.73. The predicted molar refractivity (Wildman–Crippen MR) is 132 cm³/mol. The van der Waals surface area contributed by atoms with Gasteiger partial charge in [0.15, 0.2) is 5.54 Å². The third-order valence-electron chi connectivity index (χ3n) is 7.56. The molecule has 6 nitrogen and oxygen atoms in total. The van der Waals surface area contributed by atoms with E-state index in [0.29, 0.717) is 24.6 Å². The van der Waals surface area contributed by atoms with Gasteiger partial charge in [-0.2, -0.15) is 0 Å². The number of imide groups is 1. The molecule has 1 N–H and O–H groups in total. The maximum atomic E-state index is 13.7. The van der Waals surface area contributed by atoms with Crippen molar-refractivity contribution in [3.05, 3.63) is 65.2 Å². The first-order valence-corrected chi connectivity index (χ1v) is 12.5. The summed E-state index contributed by atoms with van der Waals surface area (Å²) in [6, 6.07) is 16.3. The molecule has 0 aliphatic carbocycles. The fourth-order valence-electron chi connectivity index (χ4n) is 5.93. The number of carbonyl (C=O) groups is 2. The lowest BCUT2D eigenvalue weighted by Gasteiger charge is -2.42. The normalized spacial score (nSPS) is 24.7. The number of nitrogens with one attached hydrogen (secondary N) is 1. The molecule has 0 bridgehead atoms. The molecule has 2 saturated heterocycles. The zero-order valence-electron chi connectivity index (χ0n) is 20.5. The van der Waals surface area contributed by atoms with E-state index >= 15 is 0 Å². The predicted octanol–water partition coefficient (Wildman–Crippen LogP) is 4.57. The van der Waals surface area contributed by atoms with Crippen molar-refractivity contribution in [3.63, 3.8) is 0 Å². The fourth-order valence-corrected chi connectivity index (χ4v) is 5.93. The number of amides is 3. The van der Waals surface area contributed by atoms with Crippen molar-refractivity contribution in [3.8, 4) is 5.75 Å². The molecule has 0 radical (unpaired) electrons. The first-order valence-electron chi connectivity index (χ1n) is 12.5. The molecule has 2 aromatic rings. The minimum absolute atomic E-state index is 0.150. The molecule has 3 aliphatic heterocycles. The molecule has 2 fully saturated rings. The average Bonchev–Trinajstić information content (AvgIpc) is 3.04. The van der Waals surface area contributed by atoms with Gasteiger partial charge in [0.05, 0.1) is 0 Å². The number of ether oxygens (including phenoxy) is 1. The Balaban J connectivity index is 1.22. The highest BCUT2D eigenvalue weighted by molar-refractivity contribution is 6.08. The number of rotatable bonds is 5. The molecule has 6 heteroatoms. The molecule has 0 saturated carbocycles. The molecule has 3 amide bonds. The molecule has 0 aromatic heterocycles. The van der Waals surface area contributed by atoms with Crippen LogP contribution in [-0.2, 0) is 10.3 Å². The number of likely N-dealkylation sites (tertiary alicyclic amines) is 1. The van der Waals surface area contributed by atoms with Gasteiger partial charge in [0.25, 0.3) is 5.91 Å². The Morgan fingerprint density at radius 2 is 1.76 bits per heavy atom. The van der Waals surface area contributed by atoms with Crippen LogP contribution in [0.25, 0.3) is 0 Å². The standard InChI is InChI=1S/C28H35N3O3/c1-20-10-11-24-23(18-20)28(19-27(2,3)34-24)25(32)31(26(33)29-28)15-7-14-30-16-12-22(13-17-30)21-8-5-4-6-9-21/h4-6,8-11,18,22H,7,12-17,19H2,1-3H3,(H,29,33). The number of urea groups is 1. The van der Waals surface area contributed by atoms with Crippen molar-refractivity contribution in [1.29, 1.82) is 0 Å². The number of piperidine rings is 1. The van der Waals surface area contributed by atoms with Crippen molar-refractivity contribution in [2.24, 2.45) is 0 Å². The average molecular weight is 462 g/mol. The number of carbonyl (C=O) groups excluding carboxylic acids is 2. The van der Waals surface area contributed by atoms with Crippen LogP contribution in [0.4, 0.5) is 4.79 Å². The fraction of sp³-hybridized carbons (Fsp3) is 0.500. The van der Waals surface area contributed by atoms with E-state index in [9.17, 15) is 9.59 Å². The molecule has 1 unspecified atom stereocenters. The Kier molecular flexibility index (Phi) is 5.88. The van der Waals surface area contributed by atoms with E-state index < -0.39 is 11.1 Å². The van der Waals surface area contributed by atoms with E-state index in [1.54, 1.807) is 0 Å². The second-order valence-electron chi connectivity index (χ2n) is 10.7. The first-order chi connectivity index (χ1) is 16.3. The number of aryl methyl sites for hydroxylation is 1. The summed E-state index contributed by atoms with van der Waals surface area (Å²) >= 11 is 0. The van der Waals surface area contributed by atoms with Gasteiger partial charge in [0.2, 0.25) is 0 Å². The summed E-state index contributed by atoms with van der Waals surface area (Å²) in [6.07, 6.45) is 3.51. The van der Waals surface area contributed by atoms with Gasteiger partial charge in [-0.05, 0) is 83.3 Å². The van der Waals surface area contributed by atoms with Crippen LogP contribution in [0.2, 0.25) is 0 Å². The SMILES string of the molecule is Cc1ccc2c(c1)C1(CC(C)(C)O2)NC(=O)N(CCCN2CCC(c3ccccc3)CC2)C1=O. The molecular formula is C28H35N3O3. The minimum Gasteiger partial charge on any atom is -0.487 e. The molecule has 1 atom stereocenters. The summed E-state index contributed by atoms with van der Waals surface area (Å²) in [7, 11) is 0. The van der Waals surface area contributed by atoms with Crippen LogP contribution in [0.5, 0.6) is 5.75 Å². The zero-order chi connectivity index (χ0) is 23.9. The number of benzene rings is 2. The molecule has 34 heavy (non-hydrogen) atoms. The van der Waals surface area contributed by atoms with Gasteiger partial charge >= 0.3 is 6.03 Å². The first kappa shape index (κ1) is 22.9. The molecular weight excluding hydrogens is 426 g/mol. The Bertz CT molecular complexity index is 1080. The molecule has 1 spiro atoms. The molecule has 2 aromatic carbocycles. The lowest BCUT2D eigenvalue weighted by molar-refractivity contribution is -0.134. The summed E-state index contributed by atoms with van der Waals surface area (Å²) in [6.45, 7) is 9.39. The molecule has 180 valence electrons. The highest BCUT2D eigenvalue weighted by Crippen LogP contribution is 2.47. The summed E-state index contributed by atoms with van der Waals surface area (Å²) in [5.41, 5.74) is 1.65. The second-order valence-corrected chi connectivity index (χ2v) is 10.7. The summed E-state index contributed by atoms with van der Waals surface area (Å²) < 4.78 is 6.15. The van der Waals surface area contributed by atoms with Crippen LogP contribution >= 0.6 is 0 Å². The largest absolute Gasteiger partial charge is 0.487 e. The number of nitrogens with zero attached hydrogens (tertiary/aromatic N) is 2. The Labute approximate surface area is 202 Å². The molecule has 3 aliphatic rings. The van der Waals surface area contributed by atoms with Crippen molar-refractivity contribution in [2.45, 2.75) is 63.5 Å². The lowest BCUT2D eigenvalue weighted by Crippen LogP contribution is -2.53. The summed E-state index contributed by atoms with van der Waals surface area (Å²) in [4.78, 5) is 30.6. The van der Waals surface area contributed by atoms with Gasteiger partial charge in [0.1, 0.15) is 11.4 Å². The monoisotopic (exact) mass is 461 g/mol. The quantitative estimate of drug-likeness (QED) is 0.663. The topological polar surface area (TPSA) is 61.9 Å². The van der Waals surface area contributed by atoms with E-state index in [1.807, 2.05) is 39.0 Å². The van der Waals surface area contributed by atoms with Gasteiger partial charge in [-0.1, -0.05) is 42.0 Å². The van der Waals surface area contributed by atoms with Crippen LogP contribution in [0.1, 0.15) is 62.1 Å². The minimum atomic E-state index is -1.05. The van der Waals surface area contributed by atoms with Crippen molar-refractivity contribution in [2.75, 3.05) is 26.2 Å². The summed E-state index contributed by atoms with van der Waals surface area (Å²) in [5, 5.41) is 3.06. The van der Waals surface area contributed by atoms with E-state index in [4.69, 9.17) is 4.74 Å². The van der Waals surface area contributed by atoms with Gasteiger partial charge < -0.3 is 15.0 Å². The third-order valence-corrected chi connectivity index (χ3v) is 7.56. The number of fused-ring (bicyclic) bond motifs is 2. The van der Waals surface area contributed by atoms with Gasteiger partial charge in [-0.25, -0.2) is 4.79 Å². The van der Waals surface area contributed by atoms with Crippen LogP contribution < -0.4 is 10.1 Å². The smallest absolute Gasteiger partial charge is 0.325 e. The zero-order valence-corrected chi connectivity index (χ0v) is 20.5. The van der Waals surface area contributed by atoms with E-state index in [1.165, 1.54) is 10.5 Å². The van der Waals surface area contributed by atoms with E-state index in [-0.39, 0.29) is 11.9 Å². The van der Waals surface area contributed by atoms with Gasteiger partial charge in [-0.15, -0.1) is 0 Å². The highest BCUT2D eigenvalue weighted by Gasteiger charge is 2.58. The lowest BCUT2D eigenvalue weighted by atomic mass is 9.77. The maximum absolute atomic E-state index is 13.7. The Hall–Kier alpha value is -2.86. The number of hydrogen-bond donors (Lipinski definition) is 1. The van der Waals surface area contributed by atoms with Crippen LogP contribution in [0.15, 0.2) is 48.5 Å². The van der Waals surface area contributed by atoms with Gasteiger partial charge in [-0.3, -0.25) is 9.69 Å². The maximum Gasteiger partial charge on any atom is 0.325 e. The van der Waals surface area contributed by atoms with Crippen molar-refractivity contribution >= 4 is 11.9 Å². The Morgan fingerprint density at radius 3 is 2.50 bits per heavy atom.